The first-order chi connectivity index (χ1) is 25.5. The van der Waals surface area contributed by atoms with E-state index in [1.165, 1.54) is 11.0 Å². The molecule has 5 heterocycles. The fraction of sp³-hybridized carbons (Fsp3) is 0.385. The van der Waals surface area contributed by atoms with Gasteiger partial charge < -0.3 is 40.1 Å². The molecule has 0 saturated carbocycles. The molecule has 3 fully saturated rings. The van der Waals surface area contributed by atoms with E-state index in [0.29, 0.717) is 47.0 Å². The molecular weight excluding hydrogens is 684 g/mol. The Morgan fingerprint density at radius 1 is 0.962 bits per heavy atom. The summed E-state index contributed by atoms with van der Waals surface area (Å²) in [6.07, 6.45) is 2.66. The summed E-state index contributed by atoms with van der Waals surface area (Å²) in [6, 6.07) is 14.6. The Labute approximate surface area is 303 Å². The van der Waals surface area contributed by atoms with Gasteiger partial charge in [0.2, 0.25) is 5.91 Å². The van der Waals surface area contributed by atoms with Crippen LogP contribution in [-0.4, -0.2) is 80.1 Å². The highest BCUT2D eigenvalue weighted by Gasteiger charge is 2.53. The largest absolute Gasteiger partial charge is 0.465 e. The van der Waals surface area contributed by atoms with Crippen molar-refractivity contribution in [1.82, 2.24) is 35.5 Å². The topological polar surface area (TPSA) is 157 Å². The number of amides is 2. The Morgan fingerprint density at radius 2 is 1.66 bits per heavy atom. The third-order valence-electron chi connectivity index (χ3n) is 11.1. The molecule has 0 bridgehead atoms. The highest BCUT2D eigenvalue weighted by molar-refractivity contribution is 5.88. The molecule has 14 heteroatoms. The molecule has 4 aliphatic rings. The molecule has 3 saturated heterocycles. The van der Waals surface area contributed by atoms with Crippen LogP contribution < -0.4 is 10.6 Å². The predicted molar refractivity (Wildman–Crippen MR) is 191 cm³/mol. The predicted octanol–water partition coefficient (Wildman–Crippen LogP) is 6.47. The van der Waals surface area contributed by atoms with Crippen molar-refractivity contribution in [2.24, 2.45) is 5.92 Å². The highest BCUT2D eigenvalue weighted by atomic mass is 19.3. The Morgan fingerprint density at radius 3 is 2.36 bits per heavy atom. The third kappa shape index (κ3) is 5.67. The van der Waals surface area contributed by atoms with Crippen LogP contribution in [0.4, 0.5) is 13.6 Å². The van der Waals surface area contributed by atoms with E-state index in [1.807, 2.05) is 24.3 Å². The van der Waals surface area contributed by atoms with Gasteiger partial charge in [-0.3, -0.25) is 4.79 Å². The van der Waals surface area contributed by atoms with Gasteiger partial charge in [0.1, 0.15) is 17.7 Å². The normalized spacial score (nSPS) is 21.8. The van der Waals surface area contributed by atoms with Crippen LogP contribution in [0, 0.1) is 5.92 Å². The SMILES string of the molecule is CC(C)[C@H](NC(=O)O)C(=O)N1CC2(C[C@H]1c1ncc(-c3ccc4c(c3)C(F)(F)c3cc(-c5ccc6nc([C@@H]7CCCN7)[nH]c6c5)ccc3-4)[nH]1)OCCO2. The average molecular weight is 724 g/mol. The van der Waals surface area contributed by atoms with Crippen LogP contribution in [-0.2, 0) is 20.2 Å². The fourth-order valence-electron chi connectivity index (χ4n) is 8.36. The number of nitrogens with zero attached hydrogens (tertiary/aromatic N) is 3. The van der Waals surface area contributed by atoms with Crippen LogP contribution in [0.15, 0.2) is 60.8 Å². The Bertz CT molecular complexity index is 2260. The van der Waals surface area contributed by atoms with Crippen molar-refractivity contribution in [3.05, 3.63) is 83.6 Å². The van der Waals surface area contributed by atoms with Gasteiger partial charge in [-0.15, -0.1) is 0 Å². The molecule has 2 amide bonds. The number of nitrogens with one attached hydrogen (secondary N) is 4. The molecular formula is C39H39F2N7O5. The molecule has 0 radical (unpaired) electrons. The Kier molecular flexibility index (Phi) is 7.91. The van der Waals surface area contributed by atoms with Crippen LogP contribution in [0.25, 0.3) is 44.5 Å². The third-order valence-corrected chi connectivity index (χ3v) is 11.1. The summed E-state index contributed by atoms with van der Waals surface area (Å²) in [5, 5.41) is 15.2. The summed E-state index contributed by atoms with van der Waals surface area (Å²) in [5.41, 5.74) is 5.03. The number of alkyl halides is 2. The Balaban J connectivity index is 0.998. The molecule has 9 rings (SSSR count). The lowest BCUT2D eigenvalue weighted by Gasteiger charge is -2.29. The molecule has 5 aromatic rings. The second-order valence-corrected chi connectivity index (χ2v) is 14.7. The second-order valence-electron chi connectivity index (χ2n) is 14.7. The number of aromatic nitrogens is 4. The summed E-state index contributed by atoms with van der Waals surface area (Å²) in [5.74, 6) is -3.73. The number of carbonyl (C=O) groups excluding carboxylic acids is 1. The standard InChI is InChI=1S/C39H39F2N7O5/c1-20(2)33(47-37(50)51)36(49)48-19-38(52-12-13-53-38)17-32(48)35-43-18-31(46-35)23-6-9-25-24-8-5-21(14-26(24)39(40,41)27(25)15-23)22-7-10-28-30(16-22)45-34(44-28)29-4-3-11-42-29/h5-10,14-16,18,20,29,32-33,42,47H,3-4,11-13,17,19H2,1-2H3,(H,43,46)(H,44,45)(H,50,51)/t29-,32-,33-/m0/s1. The van der Waals surface area contributed by atoms with Gasteiger partial charge in [-0.2, -0.15) is 8.78 Å². The summed E-state index contributed by atoms with van der Waals surface area (Å²) in [6.45, 7) is 5.32. The molecule has 2 aromatic heterocycles. The van der Waals surface area contributed by atoms with Gasteiger partial charge in [0.15, 0.2) is 5.79 Å². The highest BCUT2D eigenvalue weighted by Crippen LogP contribution is 2.53. The van der Waals surface area contributed by atoms with Crippen LogP contribution >= 0.6 is 0 Å². The fourth-order valence-corrected chi connectivity index (χ4v) is 8.36. The first kappa shape index (κ1) is 33.6. The van der Waals surface area contributed by atoms with Gasteiger partial charge in [0.05, 0.1) is 54.8 Å². The quantitative estimate of drug-likeness (QED) is 0.128. The minimum absolute atomic E-state index is 0.0512. The van der Waals surface area contributed by atoms with Crippen molar-refractivity contribution >= 4 is 23.0 Å². The molecule has 274 valence electrons. The first-order valence-electron chi connectivity index (χ1n) is 18.0. The van der Waals surface area contributed by atoms with Crippen molar-refractivity contribution in [2.45, 2.75) is 62.9 Å². The number of ether oxygens (including phenoxy) is 2. The van der Waals surface area contributed by atoms with E-state index >= 15 is 8.78 Å². The van der Waals surface area contributed by atoms with Crippen LogP contribution in [0.5, 0.6) is 0 Å². The van der Waals surface area contributed by atoms with Gasteiger partial charge >= 0.3 is 6.09 Å². The van der Waals surface area contributed by atoms with Gasteiger partial charge in [-0.25, -0.2) is 14.8 Å². The van der Waals surface area contributed by atoms with Crippen molar-refractivity contribution in [2.75, 3.05) is 26.3 Å². The second kappa shape index (κ2) is 12.5. The van der Waals surface area contributed by atoms with Gasteiger partial charge in [-0.05, 0) is 71.8 Å². The van der Waals surface area contributed by atoms with Crippen molar-refractivity contribution in [3.63, 3.8) is 0 Å². The number of benzene rings is 3. The zero-order chi connectivity index (χ0) is 36.6. The van der Waals surface area contributed by atoms with Crippen LogP contribution in [0.2, 0.25) is 0 Å². The summed E-state index contributed by atoms with van der Waals surface area (Å²) in [4.78, 5) is 42.9. The maximum atomic E-state index is 16.4. The number of H-pyrrole nitrogens is 2. The molecule has 3 atom stereocenters. The monoisotopic (exact) mass is 723 g/mol. The molecule has 12 nitrogen and oxygen atoms in total. The number of imidazole rings is 2. The number of hydrogen-bond donors (Lipinski definition) is 5. The number of aromatic amines is 2. The average Bonchev–Trinajstić information content (AvgIpc) is 4.00. The molecule has 53 heavy (non-hydrogen) atoms. The number of halogens is 2. The maximum Gasteiger partial charge on any atom is 0.405 e. The zero-order valence-electron chi connectivity index (χ0n) is 29.2. The molecule has 1 aliphatic carbocycles. The lowest BCUT2D eigenvalue weighted by molar-refractivity contribution is -0.153. The molecule has 3 aliphatic heterocycles. The number of carboxylic acid groups (broad SMARTS) is 1. The van der Waals surface area contributed by atoms with Crippen molar-refractivity contribution < 1.29 is 33.0 Å². The number of carbonyl (C=O) groups is 2. The zero-order valence-corrected chi connectivity index (χ0v) is 29.2. The number of fused-ring (bicyclic) bond motifs is 4. The van der Waals surface area contributed by atoms with E-state index in [-0.39, 0.29) is 36.1 Å². The number of hydrogen-bond acceptors (Lipinski definition) is 7. The Hall–Kier alpha value is -5.18. The molecule has 0 unspecified atom stereocenters. The van der Waals surface area contributed by atoms with E-state index in [1.54, 1.807) is 44.3 Å². The molecule has 5 N–H and O–H groups in total. The lowest BCUT2D eigenvalue weighted by Crippen LogP contribution is -2.51. The maximum absolute atomic E-state index is 16.4. The van der Waals surface area contributed by atoms with E-state index in [2.05, 4.69) is 25.6 Å². The summed E-state index contributed by atoms with van der Waals surface area (Å²) >= 11 is 0. The lowest BCUT2D eigenvalue weighted by atomic mass is 9.98. The summed E-state index contributed by atoms with van der Waals surface area (Å²) in [7, 11) is 0. The number of likely N-dealkylation sites (tertiary alicyclic amines) is 1. The smallest absolute Gasteiger partial charge is 0.405 e. The van der Waals surface area contributed by atoms with E-state index < -0.39 is 35.8 Å². The van der Waals surface area contributed by atoms with Crippen molar-refractivity contribution in [1.29, 1.82) is 0 Å². The number of rotatable bonds is 7. The van der Waals surface area contributed by atoms with Crippen LogP contribution in [0.3, 0.4) is 0 Å². The van der Waals surface area contributed by atoms with Crippen molar-refractivity contribution in [3.8, 4) is 33.5 Å². The molecule has 1 spiro atoms. The minimum Gasteiger partial charge on any atom is -0.465 e. The minimum atomic E-state index is -3.25. The molecule has 3 aromatic carbocycles. The van der Waals surface area contributed by atoms with E-state index in [9.17, 15) is 14.7 Å². The van der Waals surface area contributed by atoms with Gasteiger partial charge in [-0.1, -0.05) is 44.2 Å². The first-order valence-corrected chi connectivity index (χ1v) is 18.0. The van der Waals surface area contributed by atoms with Gasteiger partial charge in [0, 0.05) is 23.1 Å². The van der Waals surface area contributed by atoms with Gasteiger partial charge in [0.25, 0.3) is 5.92 Å². The van der Waals surface area contributed by atoms with E-state index in [0.717, 1.165) is 41.8 Å². The summed E-state index contributed by atoms with van der Waals surface area (Å²) < 4.78 is 44.6. The van der Waals surface area contributed by atoms with Crippen LogP contribution in [0.1, 0.15) is 68.0 Å². The van der Waals surface area contributed by atoms with E-state index in [4.69, 9.17) is 14.5 Å².